The van der Waals surface area contributed by atoms with E-state index in [1.54, 1.807) is 31.9 Å². The maximum atomic E-state index is 15.6. The van der Waals surface area contributed by atoms with Gasteiger partial charge in [-0.15, -0.1) is 0 Å². The number of aryl methyl sites for hydroxylation is 1. The minimum atomic E-state index is -1.21. The molecule has 2 saturated heterocycles. The highest BCUT2D eigenvalue weighted by Gasteiger charge is 2.46. The number of halogens is 2. The third-order valence-corrected chi connectivity index (χ3v) is 9.37. The Kier molecular flexibility index (Phi) is 18.9. The van der Waals surface area contributed by atoms with Gasteiger partial charge in [0, 0.05) is 55.1 Å². The molecule has 2 heterocycles. The summed E-state index contributed by atoms with van der Waals surface area (Å²) in [7, 11) is 0. The van der Waals surface area contributed by atoms with Crippen LogP contribution < -0.4 is 15.5 Å². The van der Waals surface area contributed by atoms with Crippen molar-refractivity contribution in [3.63, 3.8) is 0 Å². The van der Waals surface area contributed by atoms with Gasteiger partial charge in [0.1, 0.15) is 11.5 Å². The first kappa shape index (κ1) is 42.6. The molecule has 1 aromatic carbocycles. The Hall–Kier alpha value is -2.42. The molecule has 1 aromatic rings. The number of nitrogens with zero attached hydrogens (tertiary/aromatic N) is 3. The first-order chi connectivity index (χ1) is 22.2. The summed E-state index contributed by atoms with van der Waals surface area (Å²) in [5.41, 5.74) is 1.14. The number of carbonyl (C=O) groups is 1. The predicted molar refractivity (Wildman–Crippen MR) is 201 cm³/mol. The fourth-order valence-corrected chi connectivity index (χ4v) is 5.56. The number of rotatable bonds is 13. The quantitative estimate of drug-likeness (QED) is 0.0840. The number of nitrogens with one attached hydrogen (secondary N) is 2. The van der Waals surface area contributed by atoms with Crippen LogP contribution in [0.4, 0.5) is 15.8 Å². The van der Waals surface area contributed by atoms with Crippen molar-refractivity contribution in [3.05, 3.63) is 46.8 Å². The number of amidine groups is 1. The maximum absolute atomic E-state index is 15.6. The van der Waals surface area contributed by atoms with Crippen molar-refractivity contribution in [2.45, 2.75) is 132 Å². The van der Waals surface area contributed by atoms with E-state index < -0.39 is 11.3 Å². The van der Waals surface area contributed by atoms with E-state index in [9.17, 15) is 9.90 Å². The van der Waals surface area contributed by atoms with Crippen LogP contribution in [0.2, 0.25) is 0 Å². The second-order valence-electron chi connectivity index (χ2n) is 13.5. The molecule has 2 aliphatic rings. The van der Waals surface area contributed by atoms with Gasteiger partial charge in [0.2, 0.25) is 6.41 Å². The third kappa shape index (κ3) is 13.9. The van der Waals surface area contributed by atoms with E-state index in [1.165, 1.54) is 12.8 Å². The molecular formula is C38H65ClFN5O2. The fraction of sp³-hybridized carbons (Fsp3) is 0.684. The second kappa shape index (κ2) is 20.8. The van der Waals surface area contributed by atoms with Gasteiger partial charge in [0.05, 0.1) is 16.3 Å². The minimum absolute atomic E-state index is 0.0593. The number of anilines is 2. The van der Waals surface area contributed by atoms with E-state index in [4.69, 9.17) is 16.6 Å². The highest BCUT2D eigenvalue weighted by atomic mass is 35.5. The fourth-order valence-electron chi connectivity index (χ4n) is 5.38. The molecule has 9 heteroatoms. The Bertz CT molecular complexity index is 1170. The van der Waals surface area contributed by atoms with Gasteiger partial charge in [-0.3, -0.25) is 4.79 Å². The number of benzene rings is 1. The molecule has 3 rings (SSSR count). The Labute approximate surface area is 291 Å². The maximum Gasteiger partial charge on any atom is 0.214 e. The zero-order valence-electron chi connectivity index (χ0n) is 31.2. The van der Waals surface area contributed by atoms with E-state index in [-0.39, 0.29) is 11.8 Å². The van der Waals surface area contributed by atoms with Crippen LogP contribution in [0.3, 0.4) is 0 Å². The summed E-state index contributed by atoms with van der Waals surface area (Å²) < 4.78 is 15.6. The molecule has 2 aliphatic heterocycles. The molecule has 4 atom stereocenters. The predicted octanol–water partition coefficient (Wildman–Crippen LogP) is 9.20. The standard InChI is InChI=1S/C32H49ClFN5O2.C4H10.C2H6/c1-8-9-29(37-27-11-10-22(2)30(17-27)38(21-40)15-13-31(5,6)41)28(33)18-36-24(4)39-19-23(3)32(7,34)25(20-39)16-26-12-14-35-26;1-3-4-2;1-2/h9-11,17-18,21,23,25-26,35,37,41H,8,12-16,19-20H2,1-7H3;3-4H2,1-2H3;1-2H3/b28-18+,29-9-,36-24?;;. The molecule has 268 valence electrons. The summed E-state index contributed by atoms with van der Waals surface area (Å²) in [5.74, 6) is 0.656. The van der Waals surface area contributed by atoms with Crippen molar-refractivity contribution in [3.8, 4) is 0 Å². The SMILES string of the molecule is CC.CC/C=C(Nc1ccc(C)c(N(C=O)CCC(C)(C)O)c1)/C(Cl)=C\N=C(C)N1CC(C)C(C)(F)C(CC2CCN2)C1.CCCC. The van der Waals surface area contributed by atoms with Crippen LogP contribution in [0.1, 0.15) is 113 Å². The molecule has 0 radical (unpaired) electrons. The van der Waals surface area contributed by atoms with Gasteiger partial charge >= 0.3 is 0 Å². The van der Waals surface area contributed by atoms with Crippen molar-refractivity contribution in [2.75, 3.05) is 36.4 Å². The van der Waals surface area contributed by atoms with Gasteiger partial charge in [-0.05, 0) is 84.5 Å². The van der Waals surface area contributed by atoms with Crippen molar-refractivity contribution in [2.24, 2.45) is 16.8 Å². The van der Waals surface area contributed by atoms with Crippen molar-refractivity contribution in [1.29, 1.82) is 0 Å². The van der Waals surface area contributed by atoms with Crippen LogP contribution in [0.25, 0.3) is 0 Å². The summed E-state index contributed by atoms with van der Waals surface area (Å²) in [6.07, 6.45) is 10.2. The summed E-state index contributed by atoms with van der Waals surface area (Å²) in [6.45, 7) is 24.2. The van der Waals surface area contributed by atoms with E-state index in [0.29, 0.717) is 42.8 Å². The van der Waals surface area contributed by atoms with Gasteiger partial charge < -0.3 is 25.5 Å². The lowest BCUT2D eigenvalue weighted by molar-refractivity contribution is -0.107. The number of allylic oxidation sites excluding steroid dienone is 2. The van der Waals surface area contributed by atoms with E-state index in [2.05, 4.69) is 29.4 Å². The number of hydrogen-bond acceptors (Lipinski definition) is 5. The number of alkyl halides is 1. The number of aliphatic hydroxyl groups is 1. The van der Waals surface area contributed by atoms with Gasteiger partial charge in [0.25, 0.3) is 0 Å². The normalized spacial score (nSPS) is 23.5. The Morgan fingerprint density at radius 2 is 1.89 bits per heavy atom. The first-order valence-electron chi connectivity index (χ1n) is 17.8. The lowest BCUT2D eigenvalue weighted by Crippen LogP contribution is -2.57. The molecule has 0 spiro atoms. The van der Waals surface area contributed by atoms with E-state index in [1.807, 2.05) is 65.8 Å². The second-order valence-corrected chi connectivity index (χ2v) is 13.9. The molecule has 47 heavy (non-hydrogen) atoms. The minimum Gasteiger partial charge on any atom is -0.390 e. The van der Waals surface area contributed by atoms with Crippen LogP contribution in [0.5, 0.6) is 0 Å². The summed E-state index contributed by atoms with van der Waals surface area (Å²) in [4.78, 5) is 20.4. The lowest BCUT2D eigenvalue weighted by atomic mass is 9.73. The van der Waals surface area contributed by atoms with Crippen LogP contribution in [-0.2, 0) is 4.79 Å². The van der Waals surface area contributed by atoms with E-state index in [0.717, 1.165) is 55.0 Å². The number of carbonyl (C=O) groups excluding carboxylic acids is 1. The van der Waals surface area contributed by atoms with Gasteiger partial charge in [-0.2, -0.15) is 0 Å². The number of aliphatic imine (C=N–C) groups is 1. The Morgan fingerprint density at radius 3 is 2.40 bits per heavy atom. The number of piperidine rings is 1. The van der Waals surface area contributed by atoms with Gasteiger partial charge in [-0.25, -0.2) is 9.38 Å². The molecule has 7 nitrogen and oxygen atoms in total. The number of unbranched alkanes of at least 4 members (excludes halogenated alkanes) is 1. The third-order valence-electron chi connectivity index (χ3n) is 9.07. The number of hydrogen-bond donors (Lipinski definition) is 3. The molecular weight excluding hydrogens is 613 g/mol. The van der Waals surface area contributed by atoms with E-state index >= 15 is 4.39 Å². The number of amides is 1. The zero-order chi connectivity index (χ0) is 35.8. The molecule has 3 N–H and O–H groups in total. The number of likely N-dealkylation sites (tertiary alicyclic amines) is 1. The molecule has 0 saturated carbocycles. The molecule has 1 amide bonds. The van der Waals surface area contributed by atoms with Crippen molar-refractivity contribution in [1.82, 2.24) is 10.2 Å². The Morgan fingerprint density at radius 1 is 1.26 bits per heavy atom. The molecule has 4 unspecified atom stereocenters. The summed E-state index contributed by atoms with van der Waals surface area (Å²) >= 11 is 6.76. The molecule has 2 fully saturated rings. The summed E-state index contributed by atoms with van der Waals surface area (Å²) in [5, 5.41) is 17.4. The monoisotopic (exact) mass is 677 g/mol. The van der Waals surface area contributed by atoms with Crippen molar-refractivity contribution < 1.29 is 14.3 Å². The largest absolute Gasteiger partial charge is 0.390 e. The topological polar surface area (TPSA) is 80.2 Å². The highest BCUT2D eigenvalue weighted by Crippen LogP contribution is 2.39. The van der Waals surface area contributed by atoms with Crippen LogP contribution in [-0.4, -0.2) is 65.7 Å². The molecule has 0 aliphatic carbocycles. The van der Waals surface area contributed by atoms with Crippen LogP contribution in [0.15, 0.2) is 46.2 Å². The average molecular weight is 678 g/mol. The summed E-state index contributed by atoms with van der Waals surface area (Å²) in [6, 6.07) is 6.22. The Balaban J connectivity index is 0.00000171. The average Bonchev–Trinajstić information content (AvgIpc) is 3.01. The first-order valence-corrected chi connectivity index (χ1v) is 18.1. The lowest BCUT2D eigenvalue weighted by Gasteiger charge is -2.48. The highest BCUT2D eigenvalue weighted by molar-refractivity contribution is 6.32. The van der Waals surface area contributed by atoms with Crippen molar-refractivity contribution >= 4 is 35.2 Å². The smallest absolute Gasteiger partial charge is 0.214 e. The van der Waals surface area contributed by atoms with Gasteiger partial charge in [0.15, 0.2) is 0 Å². The van der Waals surface area contributed by atoms with Crippen LogP contribution in [0, 0.1) is 18.8 Å². The van der Waals surface area contributed by atoms with Gasteiger partial charge in [-0.1, -0.05) is 78.1 Å². The van der Waals surface area contributed by atoms with Crippen LogP contribution >= 0.6 is 11.6 Å². The zero-order valence-corrected chi connectivity index (χ0v) is 32.0. The molecule has 0 bridgehead atoms. The molecule has 0 aromatic heterocycles.